The number of para-hydroxylation sites is 1. The Morgan fingerprint density at radius 2 is 1.82 bits per heavy atom. The summed E-state index contributed by atoms with van der Waals surface area (Å²) < 4.78 is 1.03. The maximum absolute atomic E-state index is 13.0. The zero-order valence-corrected chi connectivity index (χ0v) is 16.4. The van der Waals surface area contributed by atoms with Crippen molar-refractivity contribution in [1.29, 1.82) is 0 Å². The molecule has 2 aromatic heterocycles. The summed E-state index contributed by atoms with van der Waals surface area (Å²) in [6, 6.07) is 20.9. The van der Waals surface area contributed by atoms with Gasteiger partial charge in [-0.25, -0.2) is 4.98 Å². The number of fused-ring (bicyclic) bond motifs is 1. The van der Waals surface area contributed by atoms with Gasteiger partial charge in [0.15, 0.2) is 5.13 Å². The van der Waals surface area contributed by atoms with Gasteiger partial charge in [-0.3, -0.25) is 14.7 Å². The van der Waals surface area contributed by atoms with Crippen LogP contribution in [0.5, 0.6) is 0 Å². The second-order valence-corrected chi connectivity index (χ2v) is 7.48. The first kappa shape index (κ1) is 18.3. The van der Waals surface area contributed by atoms with Gasteiger partial charge in [-0.2, -0.15) is 0 Å². The minimum atomic E-state index is -0.176. The zero-order valence-electron chi connectivity index (χ0n) is 14.8. The molecule has 0 atom stereocenters. The number of amides is 1. The number of rotatable bonds is 5. The first-order valence-electron chi connectivity index (χ1n) is 8.70. The number of benzene rings is 2. The number of hydrogen-bond donors (Lipinski definition) is 0. The van der Waals surface area contributed by atoms with Crippen LogP contribution in [0.1, 0.15) is 11.3 Å². The lowest BCUT2D eigenvalue weighted by molar-refractivity contribution is -0.114. The van der Waals surface area contributed by atoms with E-state index in [2.05, 4.69) is 9.97 Å². The van der Waals surface area contributed by atoms with Crippen molar-refractivity contribution in [3.63, 3.8) is 0 Å². The van der Waals surface area contributed by atoms with Gasteiger partial charge in [0.25, 0.3) is 5.91 Å². The summed E-state index contributed by atoms with van der Waals surface area (Å²) in [7, 11) is 0. The smallest absolute Gasteiger partial charge is 0.253 e. The highest BCUT2D eigenvalue weighted by atomic mass is 35.5. The molecule has 0 N–H and O–H groups in total. The highest BCUT2D eigenvalue weighted by Gasteiger charge is 2.19. The molecule has 0 bridgehead atoms. The van der Waals surface area contributed by atoms with Crippen molar-refractivity contribution in [2.45, 2.75) is 6.54 Å². The normalized spacial score (nSPS) is 11.2. The van der Waals surface area contributed by atoms with Crippen molar-refractivity contribution in [3.05, 3.63) is 95.3 Å². The van der Waals surface area contributed by atoms with Crippen molar-refractivity contribution in [2.24, 2.45) is 0 Å². The first-order chi connectivity index (χ1) is 13.7. The summed E-state index contributed by atoms with van der Waals surface area (Å²) >= 11 is 7.68. The Morgan fingerprint density at radius 3 is 2.61 bits per heavy atom. The van der Waals surface area contributed by atoms with Gasteiger partial charge in [-0.15, -0.1) is 0 Å². The van der Waals surface area contributed by atoms with Gasteiger partial charge < -0.3 is 0 Å². The number of halogens is 1. The molecule has 0 aliphatic rings. The van der Waals surface area contributed by atoms with Gasteiger partial charge in [0.1, 0.15) is 0 Å². The van der Waals surface area contributed by atoms with E-state index in [0.717, 1.165) is 21.5 Å². The summed E-state index contributed by atoms with van der Waals surface area (Å²) in [6.07, 6.45) is 4.97. The van der Waals surface area contributed by atoms with Gasteiger partial charge in [0, 0.05) is 17.3 Å². The lowest BCUT2D eigenvalue weighted by atomic mass is 10.2. The SMILES string of the molecule is O=C(C=Cc1ccccc1Cl)N(Cc1ccccn1)c1nc2ccccc2s1. The minimum absolute atomic E-state index is 0.176. The third kappa shape index (κ3) is 4.11. The molecule has 4 nitrogen and oxygen atoms in total. The van der Waals surface area contributed by atoms with E-state index in [0.29, 0.717) is 16.7 Å². The van der Waals surface area contributed by atoms with Crippen LogP contribution in [-0.4, -0.2) is 15.9 Å². The lowest BCUT2D eigenvalue weighted by Gasteiger charge is -2.17. The van der Waals surface area contributed by atoms with Crippen LogP contribution in [-0.2, 0) is 11.3 Å². The standard InChI is InChI=1S/C22H16ClN3OS/c23-18-9-2-1-7-16(18)12-13-21(27)26(15-17-8-5-6-14-24-17)22-25-19-10-3-4-11-20(19)28-22/h1-14H,15H2. The predicted octanol–water partition coefficient (Wildman–Crippen LogP) is 5.59. The second kappa shape index (κ2) is 8.33. The molecule has 0 spiro atoms. The van der Waals surface area contributed by atoms with Crippen molar-refractivity contribution in [1.82, 2.24) is 9.97 Å². The summed E-state index contributed by atoms with van der Waals surface area (Å²) in [5, 5.41) is 1.24. The van der Waals surface area contributed by atoms with Crippen molar-refractivity contribution in [2.75, 3.05) is 4.90 Å². The Morgan fingerprint density at radius 1 is 1.04 bits per heavy atom. The van der Waals surface area contributed by atoms with Gasteiger partial charge in [0.2, 0.25) is 0 Å². The molecular weight excluding hydrogens is 390 g/mol. The summed E-state index contributed by atoms with van der Waals surface area (Å²) in [4.78, 5) is 23.7. The van der Waals surface area contributed by atoms with E-state index in [4.69, 9.17) is 11.6 Å². The number of hydrogen-bond acceptors (Lipinski definition) is 4. The second-order valence-electron chi connectivity index (χ2n) is 6.06. The van der Waals surface area contributed by atoms with E-state index in [1.165, 1.54) is 17.4 Å². The molecule has 4 rings (SSSR count). The van der Waals surface area contributed by atoms with E-state index in [9.17, 15) is 4.79 Å². The summed E-state index contributed by atoms with van der Waals surface area (Å²) in [5.74, 6) is -0.176. The third-order valence-electron chi connectivity index (χ3n) is 4.14. The van der Waals surface area contributed by atoms with Crippen LogP contribution in [0.25, 0.3) is 16.3 Å². The number of nitrogens with zero attached hydrogens (tertiary/aromatic N) is 3. The number of thiazole rings is 1. The number of carbonyl (C=O) groups excluding carboxylic acids is 1. The number of aromatic nitrogens is 2. The summed E-state index contributed by atoms with van der Waals surface area (Å²) in [6.45, 7) is 0.340. The number of anilines is 1. The van der Waals surface area contributed by atoms with Crippen LogP contribution < -0.4 is 4.90 Å². The molecule has 4 aromatic rings. The Hall–Kier alpha value is -3.02. The largest absolute Gasteiger partial charge is 0.278 e. The van der Waals surface area contributed by atoms with E-state index in [1.807, 2.05) is 60.7 Å². The molecule has 1 amide bonds. The molecule has 2 heterocycles. The predicted molar refractivity (Wildman–Crippen MR) is 116 cm³/mol. The van der Waals surface area contributed by atoms with Crippen LogP contribution in [0.15, 0.2) is 79.0 Å². The highest BCUT2D eigenvalue weighted by molar-refractivity contribution is 7.22. The molecule has 28 heavy (non-hydrogen) atoms. The average Bonchev–Trinajstić information content (AvgIpc) is 3.16. The third-order valence-corrected chi connectivity index (χ3v) is 5.54. The molecule has 0 saturated carbocycles. The average molecular weight is 406 g/mol. The molecule has 0 saturated heterocycles. The molecule has 0 radical (unpaired) electrons. The van der Waals surface area contributed by atoms with E-state index in [1.54, 1.807) is 23.2 Å². The van der Waals surface area contributed by atoms with Crippen LogP contribution in [0, 0.1) is 0 Å². The van der Waals surface area contributed by atoms with E-state index >= 15 is 0 Å². The monoisotopic (exact) mass is 405 g/mol. The van der Waals surface area contributed by atoms with E-state index < -0.39 is 0 Å². The molecular formula is C22H16ClN3OS. The Labute approximate surface area is 171 Å². The van der Waals surface area contributed by atoms with Gasteiger partial charge in [-0.1, -0.05) is 59.3 Å². The quantitative estimate of drug-likeness (QED) is 0.406. The summed E-state index contributed by atoms with van der Waals surface area (Å²) in [5.41, 5.74) is 2.46. The molecule has 0 aliphatic heterocycles. The molecule has 2 aromatic carbocycles. The number of carbonyl (C=O) groups is 1. The van der Waals surface area contributed by atoms with Crippen LogP contribution in [0.4, 0.5) is 5.13 Å². The Bertz CT molecular complexity index is 1110. The van der Waals surface area contributed by atoms with Gasteiger partial charge in [-0.05, 0) is 42.0 Å². The lowest BCUT2D eigenvalue weighted by Crippen LogP contribution is -2.29. The zero-order chi connectivity index (χ0) is 19.3. The highest BCUT2D eigenvalue weighted by Crippen LogP contribution is 2.30. The maximum Gasteiger partial charge on any atom is 0.253 e. The van der Waals surface area contributed by atoms with Crippen LogP contribution in [0.2, 0.25) is 5.02 Å². The Balaban J connectivity index is 1.67. The first-order valence-corrected chi connectivity index (χ1v) is 9.90. The molecule has 0 unspecified atom stereocenters. The fourth-order valence-corrected chi connectivity index (χ4v) is 3.90. The van der Waals surface area contributed by atoms with Gasteiger partial charge in [0.05, 0.1) is 22.5 Å². The minimum Gasteiger partial charge on any atom is -0.278 e. The molecule has 138 valence electrons. The van der Waals surface area contributed by atoms with Crippen molar-refractivity contribution in [3.8, 4) is 0 Å². The van der Waals surface area contributed by atoms with Crippen LogP contribution in [0.3, 0.4) is 0 Å². The Kier molecular flexibility index (Phi) is 5.46. The van der Waals surface area contributed by atoms with Crippen molar-refractivity contribution < 1.29 is 4.79 Å². The van der Waals surface area contributed by atoms with E-state index in [-0.39, 0.29) is 5.91 Å². The maximum atomic E-state index is 13.0. The topological polar surface area (TPSA) is 46.1 Å². The van der Waals surface area contributed by atoms with Crippen LogP contribution >= 0.6 is 22.9 Å². The fraction of sp³-hybridized carbons (Fsp3) is 0.0455. The molecule has 0 aliphatic carbocycles. The van der Waals surface area contributed by atoms with Gasteiger partial charge >= 0.3 is 0 Å². The van der Waals surface area contributed by atoms with Crippen molar-refractivity contribution >= 4 is 50.3 Å². The fourth-order valence-electron chi connectivity index (χ4n) is 2.73. The molecule has 6 heteroatoms. The molecule has 0 fully saturated rings. The number of pyridine rings is 1.